The van der Waals surface area contributed by atoms with Crippen molar-refractivity contribution in [3.63, 3.8) is 0 Å². The van der Waals surface area contributed by atoms with Crippen molar-refractivity contribution in [2.75, 3.05) is 6.54 Å². The summed E-state index contributed by atoms with van der Waals surface area (Å²) in [5.41, 5.74) is -2.36. The van der Waals surface area contributed by atoms with Crippen LogP contribution in [0, 0.1) is 5.82 Å². The van der Waals surface area contributed by atoms with Gasteiger partial charge >= 0.3 is 12.4 Å². The maximum absolute atomic E-state index is 13.2. The second-order valence-corrected chi connectivity index (χ2v) is 6.10. The molecular formula is C16H12F7N3O. The van der Waals surface area contributed by atoms with Gasteiger partial charge in [-0.1, -0.05) is 6.07 Å². The second-order valence-electron chi connectivity index (χ2n) is 6.10. The molecule has 27 heavy (non-hydrogen) atoms. The van der Waals surface area contributed by atoms with Gasteiger partial charge in [-0.2, -0.15) is 26.3 Å². The lowest BCUT2D eigenvalue weighted by atomic mass is 10.0. The summed E-state index contributed by atoms with van der Waals surface area (Å²) in [6.45, 7) is -0.297. The smallest absolute Gasteiger partial charge is 0.303 e. The normalized spacial score (nSPS) is 15.7. The maximum atomic E-state index is 13.2. The molecule has 2 heterocycles. The van der Waals surface area contributed by atoms with Crippen molar-refractivity contribution in [1.82, 2.24) is 14.9 Å². The molecule has 11 heteroatoms. The quantitative estimate of drug-likeness (QED) is 0.792. The van der Waals surface area contributed by atoms with E-state index in [1.165, 1.54) is 4.90 Å². The highest BCUT2D eigenvalue weighted by molar-refractivity contribution is 5.31. The van der Waals surface area contributed by atoms with Gasteiger partial charge in [0.05, 0.1) is 16.8 Å². The SMILES string of the molecule is O=c1[nH]c(C(F)(F)F)nc2c1CN(Cc1ccc(F)cc1C(F)(F)F)CC2. The van der Waals surface area contributed by atoms with E-state index in [0.717, 1.165) is 12.1 Å². The first kappa shape index (κ1) is 19.3. The van der Waals surface area contributed by atoms with Crippen LogP contribution in [-0.2, 0) is 31.9 Å². The maximum Gasteiger partial charge on any atom is 0.449 e. The van der Waals surface area contributed by atoms with Gasteiger partial charge in [-0.05, 0) is 17.7 Å². The number of hydrogen-bond donors (Lipinski definition) is 1. The number of alkyl halides is 6. The van der Waals surface area contributed by atoms with Crippen molar-refractivity contribution < 1.29 is 30.7 Å². The lowest BCUT2D eigenvalue weighted by molar-refractivity contribution is -0.145. The molecule has 2 aromatic rings. The van der Waals surface area contributed by atoms with Crippen LogP contribution in [0.2, 0.25) is 0 Å². The lowest BCUT2D eigenvalue weighted by Crippen LogP contribution is -2.37. The fraction of sp³-hybridized carbons (Fsp3) is 0.375. The van der Waals surface area contributed by atoms with Gasteiger partial charge in [0.25, 0.3) is 5.56 Å². The second kappa shape index (κ2) is 6.63. The monoisotopic (exact) mass is 395 g/mol. The third-order valence-corrected chi connectivity index (χ3v) is 4.19. The van der Waals surface area contributed by atoms with Gasteiger partial charge in [0.1, 0.15) is 5.82 Å². The minimum Gasteiger partial charge on any atom is -0.303 e. The molecule has 0 radical (unpaired) electrons. The Labute approximate surface area is 147 Å². The van der Waals surface area contributed by atoms with Gasteiger partial charge in [0.2, 0.25) is 5.82 Å². The molecule has 1 aliphatic rings. The van der Waals surface area contributed by atoms with E-state index < -0.39 is 35.1 Å². The van der Waals surface area contributed by atoms with Gasteiger partial charge in [0, 0.05) is 26.1 Å². The molecule has 3 rings (SSSR count). The van der Waals surface area contributed by atoms with Crippen molar-refractivity contribution in [2.45, 2.75) is 31.9 Å². The molecule has 0 spiro atoms. The van der Waals surface area contributed by atoms with Crippen LogP contribution in [0.15, 0.2) is 23.0 Å². The fourth-order valence-corrected chi connectivity index (χ4v) is 2.94. The Bertz CT molecular complexity index is 918. The molecule has 1 aliphatic heterocycles. The number of H-pyrrole nitrogens is 1. The van der Waals surface area contributed by atoms with Crippen LogP contribution in [0.25, 0.3) is 0 Å². The summed E-state index contributed by atoms with van der Waals surface area (Å²) in [6, 6.07) is 2.28. The number of nitrogens with one attached hydrogen (secondary N) is 1. The van der Waals surface area contributed by atoms with Gasteiger partial charge in [0.15, 0.2) is 0 Å². The molecule has 0 atom stereocenters. The van der Waals surface area contributed by atoms with E-state index in [4.69, 9.17) is 0 Å². The Kier molecular flexibility index (Phi) is 4.74. The highest BCUT2D eigenvalue weighted by atomic mass is 19.4. The number of nitrogens with zero attached hydrogens (tertiary/aromatic N) is 2. The number of aromatic amines is 1. The molecule has 0 saturated carbocycles. The van der Waals surface area contributed by atoms with Crippen LogP contribution >= 0.6 is 0 Å². The first-order chi connectivity index (χ1) is 12.4. The molecule has 0 fully saturated rings. The number of fused-ring (bicyclic) bond motifs is 1. The molecule has 4 nitrogen and oxygen atoms in total. The first-order valence-electron chi connectivity index (χ1n) is 7.72. The van der Waals surface area contributed by atoms with Crippen LogP contribution in [0.4, 0.5) is 30.7 Å². The van der Waals surface area contributed by atoms with Gasteiger partial charge in [-0.15, -0.1) is 0 Å². The van der Waals surface area contributed by atoms with Crippen LogP contribution in [0.1, 0.15) is 28.2 Å². The summed E-state index contributed by atoms with van der Waals surface area (Å²) in [6.07, 6.45) is -9.59. The van der Waals surface area contributed by atoms with Crippen molar-refractivity contribution in [2.24, 2.45) is 0 Å². The van der Waals surface area contributed by atoms with E-state index in [1.807, 2.05) is 0 Å². The van der Waals surface area contributed by atoms with E-state index in [-0.39, 0.29) is 42.9 Å². The summed E-state index contributed by atoms with van der Waals surface area (Å²) in [5.74, 6) is -2.44. The largest absolute Gasteiger partial charge is 0.449 e. The minimum absolute atomic E-state index is 0.0229. The Hall–Kier alpha value is -2.43. The Morgan fingerprint density at radius 1 is 1.11 bits per heavy atom. The van der Waals surface area contributed by atoms with E-state index in [9.17, 15) is 35.5 Å². The summed E-state index contributed by atoms with van der Waals surface area (Å²) in [5, 5.41) is 0. The predicted molar refractivity (Wildman–Crippen MR) is 79.1 cm³/mol. The van der Waals surface area contributed by atoms with E-state index in [1.54, 1.807) is 4.98 Å². The van der Waals surface area contributed by atoms with Gasteiger partial charge in [-0.25, -0.2) is 9.37 Å². The fourth-order valence-electron chi connectivity index (χ4n) is 2.94. The van der Waals surface area contributed by atoms with E-state index in [0.29, 0.717) is 6.07 Å². The predicted octanol–water partition coefficient (Wildman–Crippen LogP) is 3.50. The van der Waals surface area contributed by atoms with E-state index >= 15 is 0 Å². The molecule has 0 unspecified atom stereocenters. The zero-order valence-corrected chi connectivity index (χ0v) is 13.5. The van der Waals surface area contributed by atoms with E-state index in [2.05, 4.69) is 4.98 Å². The molecule has 1 aromatic heterocycles. The molecular weight excluding hydrogens is 383 g/mol. The molecule has 0 bridgehead atoms. The number of aromatic nitrogens is 2. The van der Waals surface area contributed by atoms with Gasteiger partial charge in [-0.3, -0.25) is 9.69 Å². The molecule has 146 valence electrons. The van der Waals surface area contributed by atoms with Crippen molar-refractivity contribution in [3.8, 4) is 0 Å². The number of benzene rings is 1. The lowest BCUT2D eigenvalue weighted by Gasteiger charge is -2.28. The van der Waals surface area contributed by atoms with Crippen molar-refractivity contribution >= 4 is 0 Å². The molecule has 0 aliphatic carbocycles. The Morgan fingerprint density at radius 3 is 2.44 bits per heavy atom. The standard InChI is InChI=1S/C16H12F7N3O/c17-9-2-1-8(11(5-9)15(18,19)20)6-26-4-3-12-10(7-26)13(27)25-14(24-12)16(21,22)23/h1-2,5H,3-4,6-7H2,(H,24,25,27). The van der Waals surface area contributed by atoms with Crippen LogP contribution in [0.3, 0.4) is 0 Å². The van der Waals surface area contributed by atoms with Crippen LogP contribution in [-0.4, -0.2) is 21.4 Å². The molecule has 1 aromatic carbocycles. The summed E-state index contributed by atoms with van der Waals surface area (Å²) < 4.78 is 90.6. The number of rotatable bonds is 2. The highest BCUT2D eigenvalue weighted by Crippen LogP contribution is 2.33. The van der Waals surface area contributed by atoms with Gasteiger partial charge < -0.3 is 4.98 Å². The number of halogens is 7. The minimum atomic E-state index is -4.80. The summed E-state index contributed by atoms with van der Waals surface area (Å²) in [4.78, 5) is 18.5. The van der Waals surface area contributed by atoms with Crippen LogP contribution in [0.5, 0.6) is 0 Å². The average Bonchev–Trinajstić information content (AvgIpc) is 2.55. The topological polar surface area (TPSA) is 49.0 Å². The molecule has 1 N–H and O–H groups in total. The zero-order valence-electron chi connectivity index (χ0n) is 13.5. The highest BCUT2D eigenvalue weighted by Gasteiger charge is 2.37. The van der Waals surface area contributed by atoms with Crippen LogP contribution < -0.4 is 5.56 Å². The first-order valence-corrected chi connectivity index (χ1v) is 7.72. The molecule has 0 amide bonds. The third-order valence-electron chi connectivity index (χ3n) is 4.19. The van der Waals surface area contributed by atoms with Crippen molar-refractivity contribution in [3.05, 3.63) is 62.6 Å². The molecule has 0 saturated heterocycles. The summed E-state index contributed by atoms with van der Waals surface area (Å²) in [7, 11) is 0. The number of hydrogen-bond acceptors (Lipinski definition) is 3. The Morgan fingerprint density at radius 2 is 1.81 bits per heavy atom. The zero-order chi connectivity index (χ0) is 20.0. The third kappa shape index (κ3) is 4.12. The Balaban J connectivity index is 1.87. The summed E-state index contributed by atoms with van der Waals surface area (Å²) >= 11 is 0. The average molecular weight is 395 g/mol. The van der Waals surface area contributed by atoms with Crippen molar-refractivity contribution in [1.29, 1.82) is 0 Å².